The first kappa shape index (κ1) is 14.7. The Labute approximate surface area is 139 Å². The Balaban J connectivity index is 1.62. The topological polar surface area (TPSA) is 9.23 Å². The van der Waals surface area contributed by atoms with Crippen molar-refractivity contribution in [2.45, 2.75) is 43.8 Å². The van der Waals surface area contributed by atoms with Gasteiger partial charge in [-0.25, -0.2) is 0 Å². The lowest BCUT2D eigenvalue weighted by atomic mass is 9.80. The van der Waals surface area contributed by atoms with Crippen molar-refractivity contribution in [3.8, 4) is 0 Å². The molecule has 2 aromatic carbocycles. The van der Waals surface area contributed by atoms with Crippen LogP contribution in [0.4, 0.5) is 0 Å². The quantitative estimate of drug-likeness (QED) is 0.725. The van der Waals surface area contributed by atoms with Gasteiger partial charge in [0.15, 0.2) is 0 Å². The van der Waals surface area contributed by atoms with Crippen LogP contribution in [0.3, 0.4) is 0 Å². The van der Waals surface area contributed by atoms with Crippen LogP contribution < -0.4 is 0 Å². The molecule has 2 aromatic rings. The van der Waals surface area contributed by atoms with Crippen molar-refractivity contribution in [2.24, 2.45) is 5.92 Å². The number of hydrogen-bond acceptors (Lipinski definition) is 1. The van der Waals surface area contributed by atoms with Crippen LogP contribution in [-0.2, 0) is 17.6 Å². The fourth-order valence-electron chi connectivity index (χ4n) is 4.26. The smallest absolute Gasteiger partial charge is 0.0793 e. The lowest BCUT2D eigenvalue weighted by Gasteiger charge is -2.30. The molecule has 0 spiro atoms. The summed E-state index contributed by atoms with van der Waals surface area (Å²) in [6.07, 6.45) is 10.6. The highest BCUT2D eigenvalue weighted by Crippen LogP contribution is 2.43. The summed E-state index contributed by atoms with van der Waals surface area (Å²) in [7, 11) is 0. The largest absolute Gasteiger partial charge is 0.367 e. The Hall–Kier alpha value is -1.86. The average molecular weight is 304 g/mol. The van der Waals surface area contributed by atoms with Gasteiger partial charge in [0.05, 0.1) is 11.7 Å². The molecule has 0 saturated carbocycles. The maximum atomic E-state index is 6.67. The van der Waals surface area contributed by atoms with Crippen molar-refractivity contribution in [3.05, 3.63) is 83.9 Å². The molecule has 0 aromatic heterocycles. The average Bonchev–Trinajstić information content (AvgIpc) is 2.94. The maximum absolute atomic E-state index is 6.67. The zero-order valence-electron chi connectivity index (χ0n) is 13.5. The Bertz CT molecular complexity index is 617. The minimum absolute atomic E-state index is 0.0628. The summed E-state index contributed by atoms with van der Waals surface area (Å²) >= 11 is 0. The molecule has 0 N–H and O–H groups in total. The monoisotopic (exact) mass is 304 g/mol. The lowest BCUT2D eigenvalue weighted by Crippen LogP contribution is -2.34. The predicted molar refractivity (Wildman–Crippen MR) is 94.4 cm³/mol. The Morgan fingerprint density at radius 2 is 1.48 bits per heavy atom. The first-order chi connectivity index (χ1) is 11.3. The molecule has 2 aliphatic rings. The van der Waals surface area contributed by atoms with Crippen LogP contribution in [0.25, 0.3) is 0 Å². The van der Waals surface area contributed by atoms with Crippen LogP contribution in [0.1, 0.15) is 30.4 Å². The highest BCUT2D eigenvalue weighted by Gasteiger charge is 2.45. The van der Waals surface area contributed by atoms with Crippen molar-refractivity contribution < 1.29 is 4.74 Å². The van der Waals surface area contributed by atoms with Crippen LogP contribution in [-0.4, -0.2) is 11.7 Å². The van der Waals surface area contributed by atoms with E-state index in [-0.39, 0.29) is 5.60 Å². The van der Waals surface area contributed by atoms with E-state index in [2.05, 4.69) is 72.8 Å². The third-order valence-corrected chi connectivity index (χ3v) is 5.25. The minimum atomic E-state index is -0.0628. The van der Waals surface area contributed by atoms with E-state index in [9.17, 15) is 0 Å². The molecule has 1 aliphatic carbocycles. The zero-order valence-corrected chi connectivity index (χ0v) is 13.5. The molecule has 1 nitrogen and oxygen atoms in total. The molecule has 4 rings (SSSR count). The molecule has 1 saturated heterocycles. The summed E-state index contributed by atoms with van der Waals surface area (Å²) in [6, 6.07) is 21.6. The van der Waals surface area contributed by atoms with Crippen LogP contribution in [0.15, 0.2) is 72.8 Å². The molecule has 0 bridgehead atoms. The van der Waals surface area contributed by atoms with E-state index in [1.54, 1.807) is 0 Å². The fraction of sp³-hybridized carbons (Fsp3) is 0.364. The standard InChI is InChI=1S/C22H24O/c1-3-9-18(10-4-1)15-22(16-19-11-5-2-6-12-19)17-20-13-7-8-14-21(20)23-22/h1-6,8-12,14,20-21H,7,13,15-17H2. The Morgan fingerprint density at radius 3 is 2.04 bits per heavy atom. The summed E-state index contributed by atoms with van der Waals surface area (Å²) in [5.74, 6) is 0.687. The summed E-state index contributed by atoms with van der Waals surface area (Å²) in [5, 5.41) is 0. The number of allylic oxidation sites excluding steroid dienone is 1. The normalized spacial score (nSPS) is 25.2. The number of rotatable bonds is 4. The van der Waals surface area contributed by atoms with E-state index in [4.69, 9.17) is 4.74 Å². The maximum Gasteiger partial charge on any atom is 0.0793 e. The van der Waals surface area contributed by atoms with Crippen LogP contribution in [0.5, 0.6) is 0 Å². The van der Waals surface area contributed by atoms with E-state index in [0.29, 0.717) is 12.0 Å². The number of benzene rings is 2. The summed E-state index contributed by atoms with van der Waals surface area (Å²) < 4.78 is 6.67. The fourth-order valence-corrected chi connectivity index (χ4v) is 4.26. The number of hydrogen-bond donors (Lipinski definition) is 0. The van der Waals surface area contributed by atoms with E-state index in [0.717, 1.165) is 12.8 Å². The zero-order chi connectivity index (χ0) is 15.5. The van der Waals surface area contributed by atoms with Crippen molar-refractivity contribution in [1.29, 1.82) is 0 Å². The van der Waals surface area contributed by atoms with E-state index in [1.807, 2.05) is 0 Å². The SMILES string of the molecule is C1=CC2OC(Cc3ccccc3)(Cc3ccccc3)CC2CC1. The van der Waals surface area contributed by atoms with E-state index < -0.39 is 0 Å². The number of ether oxygens (including phenoxy) is 1. The highest BCUT2D eigenvalue weighted by molar-refractivity contribution is 5.23. The van der Waals surface area contributed by atoms with Gasteiger partial charge >= 0.3 is 0 Å². The van der Waals surface area contributed by atoms with Crippen molar-refractivity contribution >= 4 is 0 Å². The van der Waals surface area contributed by atoms with Gasteiger partial charge in [0.2, 0.25) is 0 Å². The highest BCUT2D eigenvalue weighted by atomic mass is 16.5. The number of fused-ring (bicyclic) bond motifs is 1. The molecule has 2 atom stereocenters. The van der Waals surface area contributed by atoms with Gasteiger partial charge in [-0.3, -0.25) is 0 Å². The lowest BCUT2D eigenvalue weighted by molar-refractivity contribution is -0.0266. The molecule has 0 amide bonds. The summed E-state index contributed by atoms with van der Waals surface area (Å²) in [6.45, 7) is 0. The molecule has 2 unspecified atom stereocenters. The molecule has 1 heterocycles. The second-order valence-electron chi connectivity index (χ2n) is 7.06. The Morgan fingerprint density at radius 1 is 0.870 bits per heavy atom. The van der Waals surface area contributed by atoms with Crippen molar-refractivity contribution in [1.82, 2.24) is 0 Å². The van der Waals surface area contributed by atoms with Gasteiger partial charge in [0.1, 0.15) is 0 Å². The molecule has 0 radical (unpaired) electrons. The third-order valence-electron chi connectivity index (χ3n) is 5.25. The molecular weight excluding hydrogens is 280 g/mol. The van der Waals surface area contributed by atoms with Gasteiger partial charge in [-0.15, -0.1) is 0 Å². The van der Waals surface area contributed by atoms with Gasteiger partial charge in [-0.1, -0.05) is 72.8 Å². The molecular formula is C22H24O. The molecule has 1 aliphatic heterocycles. The second kappa shape index (κ2) is 6.33. The molecule has 118 valence electrons. The van der Waals surface area contributed by atoms with Gasteiger partial charge < -0.3 is 4.74 Å². The van der Waals surface area contributed by atoms with Gasteiger partial charge in [0.25, 0.3) is 0 Å². The van der Waals surface area contributed by atoms with E-state index in [1.165, 1.54) is 30.4 Å². The van der Waals surface area contributed by atoms with Crippen molar-refractivity contribution in [2.75, 3.05) is 0 Å². The van der Waals surface area contributed by atoms with Gasteiger partial charge in [-0.2, -0.15) is 0 Å². The van der Waals surface area contributed by atoms with Crippen LogP contribution in [0, 0.1) is 5.92 Å². The summed E-state index contributed by atoms with van der Waals surface area (Å²) in [4.78, 5) is 0. The van der Waals surface area contributed by atoms with Gasteiger partial charge in [-0.05, 0) is 36.3 Å². The third kappa shape index (κ3) is 3.25. The van der Waals surface area contributed by atoms with Gasteiger partial charge in [0, 0.05) is 12.8 Å². The molecule has 23 heavy (non-hydrogen) atoms. The predicted octanol–water partition coefficient (Wildman–Crippen LogP) is 4.97. The van der Waals surface area contributed by atoms with Crippen molar-refractivity contribution in [3.63, 3.8) is 0 Å². The van der Waals surface area contributed by atoms with E-state index >= 15 is 0 Å². The van der Waals surface area contributed by atoms with Crippen LogP contribution >= 0.6 is 0 Å². The van der Waals surface area contributed by atoms with Crippen LogP contribution in [0.2, 0.25) is 0 Å². The minimum Gasteiger partial charge on any atom is -0.367 e. The first-order valence-electron chi connectivity index (χ1n) is 8.75. The molecule has 1 fully saturated rings. The first-order valence-corrected chi connectivity index (χ1v) is 8.75. The second-order valence-corrected chi connectivity index (χ2v) is 7.06. The Kier molecular flexibility index (Phi) is 4.05. The summed E-state index contributed by atoms with van der Waals surface area (Å²) in [5.41, 5.74) is 2.70. The molecule has 1 heteroatoms.